The second kappa shape index (κ2) is 12.9. The van der Waals surface area contributed by atoms with Gasteiger partial charge in [-0.05, 0) is 43.9 Å². The number of amides is 2. The Morgan fingerprint density at radius 1 is 1.29 bits per heavy atom. The van der Waals surface area contributed by atoms with Gasteiger partial charge in [0.15, 0.2) is 16.5 Å². The summed E-state index contributed by atoms with van der Waals surface area (Å²) in [5, 5.41) is 19.1. The third-order valence-electron chi connectivity index (χ3n) is 4.59. The molecule has 0 radical (unpaired) electrons. The maximum Gasteiger partial charge on any atom is 0.528 e. The number of aliphatic hydroxyl groups excluding tert-OH is 1. The van der Waals surface area contributed by atoms with Gasteiger partial charge in [-0.25, -0.2) is 0 Å². The number of carbonyl (C=O) groups is 2. The zero-order chi connectivity index (χ0) is 23.4. The smallest absolute Gasteiger partial charge is 0.493 e. The van der Waals surface area contributed by atoms with E-state index in [4.69, 9.17) is 14.2 Å². The molecule has 0 fully saturated rings. The van der Waals surface area contributed by atoms with Crippen molar-refractivity contribution in [1.29, 1.82) is 5.39 Å². The van der Waals surface area contributed by atoms with E-state index in [2.05, 4.69) is 11.6 Å². The van der Waals surface area contributed by atoms with Crippen molar-refractivity contribution in [2.24, 2.45) is 5.92 Å². The summed E-state index contributed by atoms with van der Waals surface area (Å²) in [4.78, 5) is 29.7. The highest BCUT2D eigenvalue weighted by atomic mass is 16.6. The van der Waals surface area contributed by atoms with Gasteiger partial charge in [0.05, 0.1) is 20.8 Å². The molecule has 1 N–H and O–H groups in total. The first-order chi connectivity index (χ1) is 14.8. The van der Waals surface area contributed by atoms with E-state index in [0.29, 0.717) is 30.8 Å². The fourth-order valence-electron chi connectivity index (χ4n) is 2.86. The highest BCUT2D eigenvalue weighted by molar-refractivity contribution is 6.05. The topological polar surface area (TPSA) is 113 Å². The van der Waals surface area contributed by atoms with Gasteiger partial charge in [0.2, 0.25) is 11.3 Å². The Morgan fingerprint density at radius 2 is 1.97 bits per heavy atom. The summed E-state index contributed by atoms with van der Waals surface area (Å²) in [6.45, 7) is 6.97. The first kappa shape index (κ1) is 25.5. The van der Waals surface area contributed by atoms with E-state index in [9.17, 15) is 20.1 Å². The van der Waals surface area contributed by atoms with Gasteiger partial charge in [-0.2, -0.15) is 0 Å². The largest absolute Gasteiger partial charge is 0.528 e. The number of hydrogen-bond acceptors (Lipinski definition) is 7. The summed E-state index contributed by atoms with van der Waals surface area (Å²) in [5.74, 6) is -1.68. The van der Waals surface area contributed by atoms with E-state index in [1.165, 1.54) is 14.2 Å². The van der Waals surface area contributed by atoms with Crippen molar-refractivity contribution in [3.63, 3.8) is 0 Å². The zero-order valence-corrected chi connectivity index (χ0v) is 18.5. The zero-order valence-electron chi connectivity index (χ0n) is 18.5. The van der Waals surface area contributed by atoms with E-state index in [1.54, 1.807) is 38.1 Å². The van der Waals surface area contributed by atoms with Crippen LogP contribution in [0.1, 0.15) is 32.3 Å². The highest BCUT2D eigenvalue weighted by Gasteiger charge is 2.39. The second-order valence-electron chi connectivity index (χ2n) is 6.69. The van der Waals surface area contributed by atoms with Gasteiger partial charge >= 0.3 is 17.5 Å². The van der Waals surface area contributed by atoms with Gasteiger partial charge in [0.25, 0.3) is 0 Å². The van der Waals surface area contributed by atoms with Gasteiger partial charge in [0.1, 0.15) is 0 Å². The van der Waals surface area contributed by atoms with Crippen LogP contribution in [0.4, 0.5) is 0 Å². The number of methoxy groups -OCH3 is 2. The molecule has 168 valence electrons. The molecule has 0 aliphatic rings. The predicted molar refractivity (Wildman–Crippen MR) is 115 cm³/mol. The summed E-state index contributed by atoms with van der Waals surface area (Å²) in [6.07, 6.45) is 3.09. The molecule has 0 aliphatic heterocycles. The van der Waals surface area contributed by atoms with Gasteiger partial charge in [-0.1, -0.05) is 19.1 Å². The molecule has 0 saturated heterocycles. The lowest BCUT2D eigenvalue weighted by Crippen LogP contribution is -2.42. The Hall–Kier alpha value is -3.54. The molecular weight excluding hydrogens is 402 g/mol. The van der Waals surface area contributed by atoms with Crippen molar-refractivity contribution in [2.75, 3.05) is 27.4 Å². The lowest BCUT2D eigenvalue weighted by atomic mass is 10.0. The van der Waals surface area contributed by atoms with Crippen molar-refractivity contribution in [2.45, 2.75) is 33.1 Å². The van der Waals surface area contributed by atoms with Crippen molar-refractivity contribution >= 4 is 11.8 Å². The van der Waals surface area contributed by atoms with Crippen molar-refractivity contribution < 1.29 is 28.9 Å². The monoisotopic (exact) mass is 432 g/mol. The molecular formula is C22H30N3O6+. The fourth-order valence-corrected chi connectivity index (χ4v) is 2.86. The average molecular weight is 432 g/mol. The van der Waals surface area contributed by atoms with Crippen LogP contribution in [0, 0.1) is 11.3 Å². The second-order valence-corrected chi connectivity index (χ2v) is 6.69. The number of diazo groups is 1. The van der Waals surface area contributed by atoms with Crippen LogP contribution in [0.25, 0.3) is 4.98 Å². The van der Waals surface area contributed by atoms with Crippen LogP contribution >= 0.6 is 0 Å². The van der Waals surface area contributed by atoms with E-state index in [0.717, 1.165) is 10.5 Å². The van der Waals surface area contributed by atoms with E-state index >= 15 is 0 Å². The predicted octanol–water partition coefficient (Wildman–Crippen LogP) is 3.82. The molecule has 0 aromatic heterocycles. The van der Waals surface area contributed by atoms with Crippen LogP contribution in [0.15, 0.2) is 42.5 Å². The third kappa shape index (κ3) is 7.03. The minimum absolute atomic E-state index is 0.00992. The summed E-state index contributed by atoms with van der Waals surface area (Å²) in [6, 6.07) is 5.27. The van der Waals surface area contributed by atoms with E-state index < -0.39 is 29.4 Å². The molecule has 0 aliphatic carbocycles. The van der Waals surface area contributed by atoms with Crippen LogP contribution < -0.4 is 9.47 Å². The lowest BCUT2D eigenvalue weighted by Gasteiger charge is -2.22. The average Bonchev–Trinajstić information content (AvgIpc) is 2.77. The lowest BCUT2D eigenvalue weighted by molar-refractivity contribution is -0.145. The standard InChI is InChI=1S/C22H29N3O6/c1-6-8-9-15(3)20(26)25(21(27)19(24-23)22(28)31-7-2)13-12-16-10-11-17(29-4)18(14-16)30-5/h6,10-11,14-15H,1,7-9,12-13H2,2-5H3/p+1. The molecule has 31 heavy (non-hydrogen) atoms. The third-order valence-corrected chi connectivity index (χ3v) is 4.59. The minimum atomic E-state index is -0.954. The number of benzene rings is 1. The van der Waals surface area contributed by atoms with Crippen LogP contribution in [0.5, 0.6) is 11.5 Å². The van der Waals surface area contributed by atoms with E-state index in [-0.39, 0.29) is 13.2 Å². The molecule has 0 spiro atoms. The molecule has 1 atom stereocenters. The van der Waals surface area contributed by atoms with Gasteiger partial charge in [-0.3, -0.25) is 14.5 Å². The van der Waals surface area contributed by atoms with E-state index in [1.807, 2.05) is 0 Å². The number of hydrogen-bond donors (Lipinski definition) is 1. The number of ether oxygens (including phenoxy) is 3. The van der Waals surface area contributed by atoms with Crippen molar-refractivity contribution in [3.8, 4) is 11.5 Å². The maximum absolute atomic E-state index is 13.0. The van der Waals surface area contributed by atoms with Crippen LogP contribution in [-0.2, 0) is 20.7 Å². The number of aliphatic hydroxyl groups is 1. The SMILES string of the molecule is C=CCCC(C)C(=O)N(CCc1ccc(OC)c(OC)c1)C(=O)/C([N+]#N)=C(\O)OCC. The molecule has 0 saturated carbocycles. The van der Waals surface area contributed by atoms with Crippen molar-refractivity contribution in [1.82, 2.24) is 4.90 Å². The highest BCUT2D eigenvalue weighted by Crippen LogP contribution is 2.28. The van der Waals surface area contributed by atoms with Gasteiger partial charge in [0, 0.05) is 12.5 Å². The first-order valence-corrected chi connectivity index (χ1v) is 9.93. The van der Waals surface area contributed by atoms with Gasteiger partial charge in [-0.15, -0.1) is 6.58 Å². The molecule has 1 aromatic carbocycles. The molecule has 0 heterocycles. The normalized spacial score (nSPS) is 12.1. The number of nitrogens with zero attached hydrogens (tertiary/aromatic N) is 3. The fraction of sp³-hybridized carbons (Fsp3) is 0.455. The summed E-state index contributed by atoms with van der Waals surface area (Å²) >= 11 is 0. The van der Waals surface area contributed by atoms with Crippen LogP contribution in [0.2, 0.25) is 0 Å². The summed E-state index contributed by atoms with van der Waals surface area (Å²) in [5.41, 5.74) is 0.0564. The Bertz CT molecular complexity index is 859. The van der Waals surface area contributed by atoms with Crippen molar-refractivity contribution in [3.05, 3.63) is 53.0 Å². The Balaban J connectivity index is 3.20. The molecule has 9 heteroatoms. The molecule has 1 unspecified atom stereocenters. The Kier molecular flexibility index (Phi) is 10.6. The number of allylic oxidation sites excluding steroid dienone is 1. The number of carbonyl (C=O) groups excluding carboxylic acids is 2. The maximum atomic E-state index is 13.0. The minimum Gasteiger partial charge on any atom is -0.493 e. The number of rotatable bonds is 12. The molecule has 9 nitrogen and oxygen atoms in total. The molecule has 1 aromatic rings. The quantitative estimate of drug-likeness (QED) is 0.231. The Labute approximate surface area is 182 Å². The molecule has 0 bridgehead atoms. The molecule has 2 amide bonds. The van der Waals surface area contributed by atoms with Gasteiger partial charge < -0.3 is 19.3 Å². The molecule has 1 rings (SSSR count). The summed E-state index contributed by atoms with van der Waals surface area (Å²) in [7, 11) is 3.04. The number of imide groups is 1. The van der Waals surface area contributed by atoms with Crippen LogP contribution in [-0.4, -0.2) is 49.2 Å². The first-order valence-electron chi connectivity index (χ1n) is 9.93. The van der Waals surface area contributed by atoms with Crippen LogP contribution in [0.3, 0.4) is 0 Å². The Morgan fingerprint density at radius 3 is 2.52 bits per heavy atom. The summed E-state index contributed by atoms with van der Waals surface area (Å²) < 4.78 is 15.4.